The van der Waals surface area contributed by atoms with E-state index in [1.807, 2.05) is 12.1 Å². The Balaban J connectivity index is 1.66. The van der Waals surface area contributed by atoms with Gasteiger partial charge in [0.15, 0.2) is 0 Å². The van der Waals surface area contributed by atoms with Gasteiger partial charge in [0.2, 0.25) is 5.95 Å². The Kier molecular flexibility index (Phi) is 5.93. The molecule has 0 saturated carbocycles. The number of aromatic nitrogens is 3. The molecular formula is C19H17ClFN5O. The molecule has 0 atom stereocenters. The van der Waals surface area contributed by atoms with Crippen molar-refractivity contribution >= 4 is 29.1 Å². The molecule has 8 heteroatoms. The number of carbonyl (C=O) groups excluding carboxylic acids is 1. The number of hydrogen-bond acceptors (Lipinski definition) is 5. The van der Waals surface area contributed by atoms with Gasteiger partial charge in [-0.2, -0.15) is 0 Å². The van der Waals surface area contributed by atoms with Crippen molar-refractivity contribution in [3.05, 3.63) is 77.1 Å². The minimum atomic E-state index is -0.511. The van der Waals surface area contributed by atoms with Gasteiger partial charge >= 0.3 is 0 Å². The average Bonchev–Trinajstić information content (AvgIpc) is 2.69. The van der Waals surface area contributed by atoms with Crippen LogP contribution in [0.5, 0.6) is 0 Å². The maximum atomic E-state index is 13.2. The number of likely N-dealkylation sites (N-methyl/N-ethyl adjacent to an activating group) is 1. The average molecular weight is 386 g/mol. The van der Waals surface area contributed by atoms with E-state index in [9.17, 15) is 9.18 Å². The van der Waals surface area contributed by atoms with Gasteiger partial charge < -0.3 is 10.2 Å². The molecule has 1 aromatic carbocycles. The normalized spacial score (nSPS) is 10.5. The second-order valence-corrected chi connectivity index (χ2v) is 6.26. The molecule has 138 valence electrons. The van der Waals surface area contributed by atoms with Crippen molar-refractivity contribution in [1.29, 1.82) is 0 Å². The topological polar surface area (TPSA) is 71.0 Å². The van der Waals surface area contributed by atoms with E-state index in [0.29, 0.717) is 12.2 Å². The van der Waals surface area contributed by atoms with E-state index in [2.05, 4.69) is 20.3 Å². The number of amides is 1. The van der Waals surface area contributed by atoms with Crippen molar-refractivity contribution in [3.63, 3.8) is 0 Å². The van der Waals surface area contributed by atoms with Crippen LogP contribution in [0.2, 0.25) is 5.02 Å². The number of pyridine rings is 1. The zero-order valence-electron chi connectivity index (χ0n) is 14.6. The molecule has 0 aliphatic heterocycles. The maximum Gasteiger partial charge on any atom is 0.272 e. The Bertz CT molecular complexity index is 938. The molecule has 6 nitrogen and oxygen atoms in total. The Morgan fingerprint density at radius 3 is 2.70 bits per heavy atom. The highest BCUT2D eigenvalue weighted by Gasteiger charge is 2.14. The fourth-order valence-corrected chi connectivity index (χ4v) is 2.56. The summed E-state index contributed by atoms with van der Waals surface area (Å²) in [5.41, 5.74) is 1.89. The first-order valence-corrected chi connectivity index (χ1v) is 8.60. The molecular weight excluding hydrogens is 369 g/mol. The summed E-state index contributed by atoms with van der Waals surface area (Å²) in [6, 6.07) is 9.56. The SMILES string of the molecule is CN(CCc1ccncc1)C(=O)c1ccnc(Nc2ccc(F)c(Cl)c2)n1. The number of halogens is 2. The highest BCUT2D eigenvalue weighted by atomic mass is 35.5. The Morgan fingerprint density at radius 2 is 1.96 bits per heavy atom. The third-order valence-electron chi connectivity index (χ3n) is 3.88. The molecule has 3 aromatic rings. The van der Waals surface area contributed by atoms with Crippen molar-refractivity contribution in [2.45, 2.75) is 6.42 Å². The molecule has 2 heterocycles. The van der Waals surface area contributed by atoms with E-state index >= 15 is 0 Å². The molecule has 2 aromatic heterocycles. The third kappa shape index (κ3) is 4.98. The molecule has 0 aliphatic rings. The number of hydrogen-bond donors (Lipinski definition) is 1. The first-order valence-electron chi connectivity index (χ1n) is 8.22. The quantitative estimate of drug-likeness (QED) is 0.700. The fourth-order valence-electron chi connectivity index (χ4n) is 2.38. The van der Waals surface area contributed by atoms with E-state index in [1.54, 1.807) is 30.4 Å². The molecule has 27 heavy (non-hydrogen) atoms. The predicted octanol–water partition coefficient (Wildman–Crippen LogP) is 3.72. The molecule has 3 rings (SSSR count). The molecule has 0 fully saturated rings. The minimum Gasteiger partial charge on any atom is -0.340 e. The highest BCUT2D eigenvalue weighted by Crippen LogP contribution is 2.21. The van der Waals surface area contributed by atoms with Crippen LogP contribution >= 0.6 is 11.6 Å². The molecule has 1 amide bonds. The van der Waals surface area contributed by atoms with E-state index < -0.39 is 5.82 Å². The van der Waals surface area contributed by atoms with Crippen LogP contribution in [0.4, 0.5) is 16.0 Å². The van der Waals surface area contributed by atoms with Crippen LogP contribution in [-0.2, 0) is 6.42 Å². The van der Waals surface area contributed by atoms with Crippen molar-refractivity contribution in [3.8, 4) is 0 Å². The smallest absolute Gasteiger partial charge is 0.272 e. The Morgan fingerprint density at radius 1 is 1.19 bits per heavy atom. The first-order chi connectivity index (χ1) is 13.0. The zero-order valence-corrected chi connectivity index (χ0v) is 15.3. The van der Waals surface area contributed by atoms with Crippen LogP contribution < -0.4 is 5.32 Å². The summed E-state index contributed by atoms with van der Waals surface area (Å²) in [6.45, 7) is 0.545. The standard InChI is InChI=1S/C19H17ClFN5O/c1-26(11-7-13-4-8-22-9-5-13)18(27)17-6-10-23-19(25-17)24-14-2-3-16(21)15(20)12-14/h2-6,8-10,12H,7,11H2,1H3,(H,23,24,25). The van der Waals surface area contributed by atoms with Crippen LogP contribution in [0.15, 0.2) is 55.0 Å². The van der Waals surface area contributed by atoms with E-state index in [0.717, 1.165) is 12.0 Å². The summed E-state index contributed by atoms with van der Waals surface area (Å²) in [6.07, 6.45) is 5.65. The fraction of sp³-hybridized carbons (Fsp3) is 0.158. The molecule has 1 N–H and O–H groups in total. The maximum absolute atomic E-state index is 13.2. The number of nitrogens with zero attached hydrogens (tertiary/aromatic N) is 4. The van der Waals surface area contributed by atoms with Crippen LogP contribution in [0.3, 0.4) is 0 Å². The largest absolute Gasteiger partial charge is 0.340 e. The lowest BCUT2D eigenvalue weighted by Gasteiger charge is -2.17. The summed E-state index contributed by atoms with van der Waals surface area (Å²) < 4.78 is 13.2. The molecule has 0 saturated heterocycles. The van der Waals surface area contributed by atoms with Crippen LogP contribution in [-0.4, -0.2) is 39.4 Å². The van der Waals surface area contributed by atoms with Crippen molar-refractivity contribution < 1.29 is 9.18 Å². The third-order valence-corrected chi connectivity index (χ3v) is 4.17. The highest BCUT2D eigenvalue weighted by molar-refractivity contribution is 6.31. The molecule has 0 bridgehead atoms. The van der Waals surface area contributed by atoms with Gasteiger partial charge in [-0.1, -0.05) is 11.6 Å². The van der Waals surface area contributed by atoms with Gasteiger partial charge in [0, 0.05) is 37.9 Å². The van der Waals surface area contributed by atoms with E-state index in [-0.39, 0.29) is 22.6 Å². The summed E-state index contributed by atoms with van der Waals surface area (Å²) in [4.78, 5) is 26.5. The van der Waals surface area contributed by atoms with Gasteiger partial charge in [0.05, 0.1) is 5.02 Å². The summed E-state index contributed by atoms with van der Waals surface area (Å²) >= 11 is 5.77. The van der Waals surface area contributed by atoms with Crippen LogP contribution in [0.25, 0.3) is 0 Å². The van der Waals surface area contributed by atoms with Gasteiger partial charge in [0.25, 0.3) is 5.91 Å². The zero-order chi connectivity index (χ0) is 19.2. The summed E-state index contributed by atoms with van der Waals surface area (Å²) in [5.74, 6) is -0.499. The van der Waals surface area contributed by atoms with E-state index in [4.69, 9.17) is 11.6 Å². The number of anilines is 2. The molecule has 0 radical (unpaired) electrons. The molecule has 0 unspecified atom stereocenters. The minimum absolute atomic E-state index is 0.0110. The lowest BCUT2D eigenvalue weighted by Crippen LogP contribution is -2.29. The second-order valence-electron chi connectivity index (χ2n) is 5.85. The van der Waals surface area contributed by atoms with Gasteiger partial charge in [-0.15, -0.1) is 0 Å². The molecule has 0 spiro atoms. The number of carbonyl (C=O) groups is 1. The van der Waals surface area contributed by atoms with Crippen LogP contribution in [0, 0.1) is 5.82 Å². The summed E-state index contributed by atoms with van der Waals surface area (Å²) in [5, 5.41) is 2.90. The predicted molar refractivity (Wildman–Crippen MR) is 102 cm³/mol. The summed E-state index contributed by atoms with van der Waals surface area (Å²) in [7, 11) is 1.72. The number of rotatable bonds is 6. The van der Waals surface area contributed by atoms with Crippen LogP contribution in [0.1, 0.15) is 16.1 Å². The second kappa shape index (κ2) is 8.55. The van der Waals surface area contributed by atoms with Gasteiger partial charge in [-0.3, -0.25) is 9.78 Å². The van der Waals surface area contributed by atoms with Crippen molar-refractivity contribution in [2.24, 2.45) is 0 Å². The van der Waals surface area contributed by atoms with Gasteiger partial charge in [-0.25, -0.2) is 14.4 Å². The first kappa shape index (κ1) is 18.7. The number of nitrogens with one attached hydrogen (secondary N) is 1. The van der Waals surface area contributed by atoms with Gasteiger partial charge in [-0.05, 0) is 48.4 Å². The number of benzene rings is 1. The molecule has 0 aliphatic carbocycles. The van der Waals surface area contributed by atoms with E-state index in [1.165, 1.54) is 24.4 Å². The Labute approximate surface area is 161 Å². The Hall–Kier alpha value is -3.06. The van der Waals surface area contributed by atoms with Gasteiger partial charge in [0.1, 0.15) is 11.5 Å². The monoisotopic (exact) mass is 385 g/mol. The van der Waals surface area contributed by atoms with Crippen molar-refractivity contribution in [2.75, 3.05) is 18.9 Å². The lowest BCUT2D eigenvalue weighted by atomic mass is 10.2. The van der Waals surface area contributed by atoms with Crippen molar-refractivity contribution in [1.82, 2.24) is 19.9 Å². The lowest BCUT2D eigenvalue weighted by molar-refractivity contribution is 0.0791.